The summed E-state index contributed by atoms with van der Waals surface area (Å²) in [7, 11) is 0. The topological polar surface area (TPSA) is 42.9 Å². The first-order chi connectivity index (χ1) is 27.2. The first-order valence-corrected chi connectivity index (χ1v) is 18.3. The van der Waals surface area contributed by atoms with Gasteiger partial charge < -0.3 is 13.7 Å². The summed E-state index contributed by atoms with van der Waals surface area (Å²) in [5.74, 6) is 0. The smallest absolute Gasteiger partial charge is 0.188 e. The van der Waals surface area contributed by atoms with Gasteiger partial charge in [0.2, 0.25) is 0 Å². The van der Waals surface area contributed by atoms with Crippen molar-refractivity contribution in [3.8, 4) is 34.3 Å². The average molecular weight is 700 g/mol. The minimum absolute atomic E-state index is 0.445. The maximum Gasteiger partial charge on any atom is 0.188 e. The lowest BCUT2D eigenvalue weighted by Crippen LogP contribution is -1.98. The molecule has 0 atom stereocenters. The summed E-state index contributed by atoms with van der Waals surface area (Å²) in [6, 6.07) is 64.1. The van der Waals surface area contributed by atoms with Gasteiger partial charge in [-0.15, -0.1) is 0 Å². The van der Waals surface area contributed by atoms with E-state index in [2.05, 4.69) is 182 Å². The first-order valence-electron chi connectivity index (χ1n) is 18.3. The minimum atomic E-state index is 0.445. The van der Waals surface area contributed by atoms with Gasteiger partial charge in [-0.1, -0.05) is 91.0 Å². The van der Waals surface area contributed by atoms with E-state index in [1.807, 2.05) is 6.07 Å². The van der Waals surface area contributed by atoms with Crippen LogP contribution in [0.5, 0.6) is 0 Å². The predicted octanol–water partition coefficient (Wildman–Crippen LogP) is 13.1. The highest BCUT2D eigenvalue weighted by Crippen LogP contribution is 2.41. The van der Waals surface area contributed by atoms with Crippen LogP contribution in [0.15, 0.2) is 176 Å². The molecule has 0 aliphatic carbocycles. The zero-order chi connectivity index (χ0) is 36.6. The van der Waals surface area contributed by atoms with Crippen LogP contribution in [0, 0.1) is 17.9 Å². The Morgan fingerprint density at radius 3 is 1.47 bits per heavy atom. The number of benzene rings is 8. The quantitative estimate of drug-likeness (QED) is 0.169. The molecule has 254 valence electrons. The third kappa shape index (κ3) is 4.51. The van der Waals surface area contributed by atoms with Crippen LogP contribution >= 0.6 is 0 Å². The molecule has 55 heavy (non-hydrogen) atoms. The summed E-state index contributed by atoms with van der Waals surface area (Å²) in [6.07, 6.45) is 0. The van der Waals surface area contributed by atoms with E-state index in [1.165, 1.54) is 27.1 Å². The van der Waals surface area contributed by atoms with Crippen molar-refractivity contribution in [3.63, 3.8) is 0 Å². The largest absolute Gasteiger partial charge is 0.309 e. The molecule has 3 aromatic heterocycles. The molecular weight excluding hydrogens is 671 g/mol. The SMILES string of the molecule is [C-]#[N+]c1ccc(-n2c3ccc(-c4ccc5c(c4)c4ccccc4n5-c4ccccc4)cc3c3cc(-n4c5ccccc5c5ccccc54)ccc32)c(C#N)c1. The Kier molecular flexibility index (Phi) is 6.61. The van der Waals surface area contributed by atoms with Crippen LogP contribution in [0.25, 0.3) is 98.5 Å². The van der Waals surface area contributed by atoms with Gasteiger partial charge in [0.25, 0.3) is 0 Å². The molecule has 0 aliphatic heterocycles. The number of hydrogen-bond acceptors (Lipinski definition) is 1. The highest BCUT2D eigenvalue weighted by atomic mass is 15.0. The molecule has 0 fully saturated rings. The molecule has 5 heteroatoms. The van der Waals surface area contributed by atoms with Gasteiger partial charge in [0.15, 0.2) is 5.69 Å². The van der Waals surface area contributed by atoms with Crippen molar-refractivity contribution in [1.82, 2.24) is 13.7 Å². The standard InChI is InChI=1S/C50H29N5/c1-52-35-21-25-44(34(27-35)31-51)55-49-24-20-33(32-19-23-48-41(28-32)40-15-7-10-18-47(40)53(48)36-11-3-2-4-12-36)29-42(49)43-30-37(22-26-50(43)55)54-45-16-8-5-13-38(45)39-14-6-9-17-46(39)54/h2-30H. The zero-order valence-corrected chi connectivity index (χ0v) is 29.5. The zero-order valence-electron chi connectivity index (χ0n) is 29.5. The van der Waals surface area contributed by atoms with Crippen LogP contribution in [0.4, 0.5) is 5.69 Å². The van der Waals surface area contributed by atoms with Crippen LogP contribution in [-0.2, 0) is 0 Å². The van der Waals surface area contributed by atoms with Gasteiger partial charge in [-0.05, 0) is 96.1 Å². The number of hydrogen-bond donors (Lipinski definition) is 0. The summed E-state index contributed by atoms with van der Waals surface area (Å²) >= 11 is 0. The van der Waals surface area contributed by atoms with Gasteiger partial charge in [0, 0.05) is 43.7 Å². The molecule has 0 bridgehead atoms. The fraction of sp³-hybridized carbons (Fsp3) is 0. The highest BCUT2D eigenvalue weighted by Gasteiger charge is 2.20. The van der Waals surface area contributed by atoms with E-state index in [-0.39, 0.29) is 0 Å². The van der Waals surface area contributed by atoms with Gasteiger partial charge in [-0.25, -0.2) is 4.85 Å². The van der Waals surface area contributed by atoms with Crippen LogP contribution in [-0.4, -0.2) is 13.7 Å². The lowest BCUT2D eigenvalue weighted by Gasteiger charge is -2.12. The molecule has 0 saturated carbocycles. The molecule has 0 saturated heterocycles. The van der Waals surface area contributed by atoms with E-state index in [1.54, 1.807) is 12.1 Å². The van der Waals surface area contributed by atoms with E-state index >= 15 is 0 Å². The second-order valence-electron chi connectivity index (χ2n) is 14.0. The molecule has 11 rings (SSSR count). The van der Waals surface area contributed by atoms with Gasteiger partial charge in [-0.3, -0.25) is 0 Å². The van der Waals surface area contributed by atoms with E-state index < -0.39 is 0 Å². The van der Waals surface area contributed by atoms with Crippen molar-refractivity contribution in [3.05, 3.63) is 193 Å². The Bertz CT molecular complexity index is 3400. The highest BCUT2D eigenvalue weighted by molar-refractivity contribution is 6.14. The van der Waals surface area contributed by atoms with E-state index in [9.17, 15) is 5.26 Å². The number of nitriles is 1. The first kappa shape index (κ1) is 30.7. The summed E-state index contributed by atoms with van der Waals surface area (Å²) in [4.78, 5) is 3.61. The maximum atomic E-state index is 10.3. The molecule has 0 N–H and O–H groups in total. The van der Waals surface area contributed by atoms with Gasteiger partial charge in [0.1, 0.15) is 0 Å². The Morgan fingerprint density at radius 1 is 0.400 bits per heavy atom. The van der Waals surface area contributed by atoms with Crippen molar-refractivity contribution in [2.24, 2.45) is 0 Å². The fourth-order valence-corrected chi connectivity index (χ4v) is 8.68. The van der Waals surface area contributed by atoms with Crippen LogP contribution in [0.3, 0.4) is 0 Å². The third-order valence-electron chi connectivity index (χ3n) is 11.1. The molecule has 3 heterocycles. The van der Waals surface area contributed by atoms with Crippen molar-refractivity contribution >= 4 is 71.1 Å². The second-order valence-corrected chi connectivity index (χ2v) is 14.0. The van der Waals surface area contributed by atoms with Crippen LogP contribution < -0.4 is 0 Å². The average Bonchev–Trinajstić information content (AvgIpc) is 3.88. The lowest BCUT2D eigenvalue weighted by atomic mass is 10.0. The Labute approximate surface area is 316 Å². The lowest BCUT2D eigenvalue weighted by molar-refractivity contribution is 1.16. The van der Waals surface area contributed by atoms with Crippen molar-refractivity contribution in [2.45, 2.75) is 0 Å². The van der Waals surface area contributed by atoms with Crippen molar-refractivity contribution in [1.29, 1.82) is 5.26 Å². The van der Waals surface area contributed by atoms with Crippen molar-refractivity contribution < 1.29 is 0 Å². The van der Waals surface area contributed by atoms with Gasteiger partial charge in [0.05, 0.1) is 57.0 Å². The Morgan fingerprint density at radius 2 is 0.873 bits per heavy atom. The molecule has 0 spiro atoms. The summed E-state index contributed by atoms with van der Waals surface area (Å²) in [6.45, 7) is 7.58. The van der Waals surface area contributed by atoms with E-state index in [0.717, 1.165) is 66.5 Å². The third-order valence-corrected chi connectivity index (χ3v) is 11.1. The Balaban J connectivity index is 1.18. The molecule has 0 aliphatic rings. The molecular formula is C50H29N5. The molecule has 11 aromatic rings. The number of fused-ring (bicyclic) bond motifs is 9. The number of nitrogens with zero attached hydrogens (tertiary/aromatic N) is 5. The van der Waals surface area contributed by atoms with E-state index in [0.29, 0.717) is 11.3 Å². The second kappa shape index (κ2) is 11.8. The molecule has 0 unspecified atom stereocenters. The molecule has 0 radical (unpaired) electrons. The van der Waals surface area contributed by atoms with Gasteiger partial charge >= 0.3 is 0 Å². The maximum absolute atomic E-state index is 10.3. The molecule has 0 amide bonds. The van der Waals surface area contributed by atoms with Gasteiger partial charge in [-0.2, -0.15) is 5.26 Å². The molecule has 5 nitrogen and oxygen atoms in total. The van der Waals surface area contributed by atoms with E-state index in [4.69, 9.17) is 6.57 Å². The minimum Gasteiger partial charge on any atom is -0.309 e. The number of rotatable bonds is 4. The summed E-state index contributed by atoms with van der Waals surface area (Å²) in [5, 5.41) is 17.3. The summed E-state index contributed by atoms with van der Waals surface area (Å²) in [5.41, 5.74) is 12.7. The predicted molar refractivity (Wildman–Crippen MR) is 226 cm³/mol. The normalized spacial score (nSPS) is 11.6. The number of aromatic nitrogens is 3. The molecule has 8 aromatic carbocycles. The summed E-state index contributed by atoms with van der Waals surface area (Å²) < 4.78 is 6.86. The fourth-order valence-electron chi connectivity index (χ4n) is 8.68. The van der Waals surface area contributed by atoms with Crippen LogP contribution in [0.1, 0.15) is 5.56 Å². The number of para-hydroxylation sites is 4. The monoisotopic (exact) mass is 699 g/mol. The van der Waals surface area contributed by atoms with Crippen molar-refractivity contribution in [2.75, 3.05) is 0 Å². The Hall–Kier alpha value is -7.86. The van der Waals surface area contributed by atoms with Crippen LogP contribution in [0.2, 0.25) is 0 Å².